The van der Waals surface area contributed by atoms with Crippen molar-refractivity contribution in [3.8, 4) is 11.1 Å². The monoisotopic (exact) mass is 263 g/mol. The maximum Gasteiger partial charge on any atom is 0.280 e. The van der Waals surface area contributed by atoms with Gasteiger partial charge in [-0.05, 0) is 6.07 Å². The molecule has 0 bridgehead atoms. The minimum atomic E-state index is -2.58. The standard InChI is InChI=1S/C12H11F2N5/c1-18-10-3-7(4-15-9(10)6-17-18)8-5-16-19(2)11(8)12(13)14/h3-6,12H,1-2H3. The third-order valence-corrected chi connectivity index (χ3v) is 3.10. The van der Waals surface area contributed by atoms with Crippen molar-refractivity contribution in [1.82, 2.24) is 24.5 Å². The van der Waals surface area contributed by atoms with E-state index in [4.69, 9.17) is 0 Å². The summed E-state index contributed by atoms with van der Waals surface area (Å²) >= 11 is 0. The average molecular weight is 263 g/mol. The van der Waals surface area contributed by atoms with Crippen molar-refractivity contribution in [2.24, 2.45) is 14.1 Å². The molecule has 0 aliphatic rings. The van der Waals surface area contributed by atoms with Crippen LogP contribution in [0.2, 0.25) is 0 Å². The van der Waals surface area contributed by atoms with E-state index in [0.29, 0.717) is 11.1 Å². The van der Waals surface area contributed by atoms with Gasteiger partial charge in [0.2, 0.25) is 0 Å². The van der Waals surface area contributed by atoms with E-state index < -0.39 is 6.43 Å². The second-order valence-corrected chi connectivity index (χ2v) is 4.26. The summed E-state index contributed by atoms with van der Waals surface area (Å²) in [4.78, 5) is 4.22. The van der Waals surface area contributed by atoms with E-state index in [1.165, 1.54) is 17.9 Å². The number of aryl methyl sites for hydroxylation is 2. The van der Waals surface area contributed by atoms with Crippen molar-refractivity contribution < 1.29 is 8.78 Å². The number of pyridine rings is 1. The molecule has 3 aromatic rings. The number of halogens is 2. The zero-order valence-electron chi connectivity index (χ0n) is 10.4. The van der Waals surface area contributed by atoms with Crippen molar-refractivity contribution in [2.75, 3.05) is 0 Å². The van der Waals surface area contributed by atoms with Gasteiger partial charge in [0.15, 0.2) is 0 Å². The zero-order valence-corrected chi connectivity index (χ0v) is 10.4. The number of nitrogens with zero attached hydrogens (tertiary/aromatic N) is 5. The fourth-order valence-corrected chi connectivity index (χ4v) is 2.10. The molecule has 98 valence electrons. The van der Waals surface area contributed by atoms with Crippen LogP contribution in [0.3, 0.4) is 0 Å². The normalized spacial score (nSPS) is 11.6. The number of rotatable bonds is 2. The Morgan fingerprint density at radius 1 is 1.05 bits per heavy atom. The van der Waals surface area contributed by atoms with Crippen molar-refractivity contribution in [3.05, 3.63) is 30.4 Å². The largest absolute Gasteiger partial charge is 0.280 e. The Morgan fingerprint density at radius 2 is 1.79 bits per heavy atom. The highest BCUT2D eigenvalue weighted by atomic mass is 19.3. The molecule has 0 fully saturated rings. The van der Waals surface area contributed by atoms with E-state index in [2.05, 4.69) is 15.2 Å². The second kappa shape index (κ2) is 4.11. The first-order valence-electron chi connectivity index (χ1n) is 5.66. The Hall–Kier alpha value is -2.31. The van der Waals surface area contributed by atoms with Crippen LogP contribution in [-0.4, -0.2) is 24.5 Å². The summed E-state index contributed by atoms with van der Waals surface area (Å²) in [5.41, 5.74) is 2.42. The van der Waals surface area contributed by atoms with E-state index in [1.807, 2.05) is 0 Å². The van der Waals surface area contributed by atoms with Crippen LogP contribution in [-0.2, 0) is 14.1 Å². The van der Waals surface area contributed by atoms with Crippen molar-refractivity contribution in [1.29, 1.82) is 0 Å². The molecule has 7 heteroatoms. The van der Waals surface area contributed by atoms with Gasteiger partial charge in [-0.3, -0.25) is 14.3 Å². The first kappa shape index (κ1) is 11.8. The van der Waals surface area contributed by atoms with Crippen molar-refractivity contribution >= 4 is 11.0 Å². The highest BCUT2D eigenvalue weighted by Gasteiger charge is 2.20. The van der Waals surface area contributed by atoms with Gasteiger partial charge >= 0.3 is 0 Å². The smallest absolute Gasteiger partial charge is 0.266 e. The molecular weight excluding hydrogens is 252 g/mol. The topological polar surface area (TPSA) is 48.5 Å². The summed E-state index contributed by atoms with van der Waals surface area (Å²) in [6.45, 7) is 0. The van der Waals surface area contributed by atoms with E-state index in [9.17, 15) is 8.78 Å². The van der Waals surface area contributed by atoms with Gasteiger partial charge in [-0.25, -0.2) is 8.78 Å². The summed E-state index contributed by atoms with van der Waals surface area (Å²) < 4.78 is 28.9. The number of hydrogen-bond acceptors (Lipinski definition) is 3. The van der Waals surface area contributed by atoms with Gasteiger partial charge in [0.05, 0.1) is 17.9 Å². The molecule has 0 aliphatic heterocycles. The SMILES string of the molecule is Cn1ncc(-c2cnc3cnn(C)c3c2)c1C(F)F. The molecule has 0 spiro atoms. The Labute approximate surface area is 107 Å². The van der Waals surface area contributed by atoms with Gasteiger partial charge in [-0.1, -0.05) is 0 Å². The summed E-state index contributed by atoms with van der Waals surface area (Å²) in [5, 5.41) is 7.97. The molecule has 3 heterocycles. The molecule has 19 heavy (non-hydrogen) atoms. The first-order chi connectivity index (χ1) is 9.08. The van der Waals surface area contributed by atoms with Crippen LogP contribution in [0, 0.1) is 0 Å². The average Bonchev–Trinajstić information content (AvgIpc) is 2.93. The molecule has 5 nitrogen and oxygen atoms in total. The summed E-state index contributed by atoms with van der Waals surface area (Å²) in [6.07, 6.45) is 2.05. The number of fused-ring (bicyclic) bond motifs is 1. The minimum absolute atomic E-state index is 0.108. The third kappa shape index (κ3) is 1.78. The molecule has 0 aromatic carbocycles. The maximum atomic E-state index is 13.0. The third-order valence-electron chi connectivity index (χ3n) is 3.10. The molecule has 3 rings (SSSR count). The molecular formula is C12H11F2N5. The fourth-order valence-electron chi connectivity index (χ4n) is 2.10. The van der Waals surface area contributed by atoms with Crippen LogP contribution < -0.4 is 0 Å². The van der Waals surface area contributed by atoms with Gasteiger partial charge < -0.3 is 0 Å². The Bertz CT molecular complexity index is 744. The zero-order chi connectivity index (χ0) is 13.6. The van der Waals surface area contributed by atoms with Crippen LogP contribution >= 0.6 is 0 Å². The summed E-state index contributed by atoms with van der Waals surface area (Å²) in [6, 6.07) is 1.79. The molecule has 3 aromatic heterocycles. The summed E-state index contributed by atoms with van der Waals surface area (Å²) in [7, 11) is 3.28. The fraction of sp³-hybridized carbons (Fsp3) is 0.250. The first-order valence-corrected chi connectivity index (χ1v) is 5.66. The molecule has 0 atom stereocenters. The van der Waals surface area contributed by atoms with Gasteiger partial charge in [0.25, 0.3) is 6.43 Å². The van der Waals surface area contributed by atoms with Crippen LogP contribution in [0.1, 0.15) is 12.1 Å². The second-order valence-electron chi connectivity index (χ2n) is 4.26. The van der Waals surface area contributed by atoms with Crippen LogP contribution in [0.5, 0.6) is 0 Å². The van der Waals surface area contributed by atoms with Crippen LogP contribution in [0.25, 0.3) is 22.2 Å². The lowest BCUT2D eigenvalue weighted by atomic mass is 10.1. The highest BCUT2D eigenvalue weighted by molar-refractivity contribution is 5.80. The minimum Gasteiger partial charge on any atom is -0.266 e. The number of aromatic nitrogens is 5. The molecule has 0 saturated heterocycles. The van der Waals surface area contributed by atoms with Gasteiger partial charge in [-0.2, -0.15) is 10.2 Å². The van der Waals surface area contributed by atoms with E-state index in [-0.39, 0.29) is 5.69 Å². The predicted molar refractivity (Wildman–Crippen MR) is 65.7 cm³/mol. The lowest BCUT2D eigenvalue weighted by molar-refractivity contribution is 0.141. The molecule has 0 N–H and O–H groups in total. The Balaban J connectivity index is 2.21. The van der Waals surface area contributed by atoms with Crippen LogP contribution in [0.15, 0.2) is 24.7 Å². The Kier molecular flexibility index (Phi) is 2.55. The van der Waals surface area contributed by atoms with Gasteiger partial charge in [0.1, 0.15) is 11.2 Å². The van der Waals surface area contributed by atoms with Gasteiger partial charge in [0, 0.05) is 31.4 Å². The summed E-state index contributed by atoms with van der Waals surface area (Å²) in [5.74, 6) is 0. The molecule has 0 saturated carbocycles. The van der Waals surface area contributed by atoms with E-state index in [0.717, 1.165) is 11.0 Å². The lowest BCUT2D eigenvalue weighted by Gasteiger charge is -2.05. The number of alkyl halides is 2. The molecule has 0 radical (unpaired) electrons. The van der Waals surface area contributed by atoms with Crippen LogP contribution in [0.4, 0.5) is 8.78 Å². The molecule has 0 unspecified atom stereocenters. The molecule has 0 aliphatic carbocycles. The van der Waals surface area contributed by atoms with Crippen molar-refractivity contribution in [3.63, 3.8) is 0 Å². The predicted octanol–water partition coefficient (Wildman–Crippen LogP) is 2.31. The Morgan fingerprint density at radius 3 is 2.53 bits per heavy atom. The molecule has 0 amide bonds. The quantitative estimate of drug-likeness (QED) is 0.712. The van der Waals surface area contributed by atoms with E-state index >= 15 is 0 Å². The maximum absolute atomic E-state index is 13.0. The van der Waals surface area contributed by atoms with E-state index in [1.54, 1.807) is 30.2 Å². The highest BCUT2D eigenvalue weighted by Crippen LogP contribution is 2.31. The van der Waals surface area contributed by atoms with Crippen molar-refractivity contribution in [2.45, 2.75) is 6.43 Å². The lowest BCUT2D eigenvalue weighted by Crippen LogP contribution is -1.99. The number of hydrogen-bond donors (Lipinski definition) is 0. The van der Waals surface area contributed by atoms with Gasteiger partial charge in [-0.15, -0.1) is 0 Å².